The lowest BCUT2D eigenvalue weighted by molar-refractivity contribution is -0.191. The minimum absolute atomic E-state index is 0.0227. The molecule has 0 aliphatic heterocycles. The largest absolute Gasteiger partial charge is 0.373 e. The molecule has 1 atom stereocenters. The Bertz CT molecular complexity index is 725. The Morgan fingerprint density at radius 1 is 1.08 bits per heavy atom. The number of carbonyl (C=O) groups excluding carboxylic acids is 2. The van der Waals surface area contributed by atoms with Crippen LogP contribution in [0.4, 0.5) is 8.78 Å². The van der Waals surface area contributed by atoms with Gasteiger partial charge in [0.25, 0.3) is 0 Å². The summed E-state index contributed by atoms with van der Waals surface area (Å²) in [5.41, 5.74) is 1.38. The molecular formula is C20H19F2NO2. The van der Waals surface area contributed by atoms with Crippen LogP contribution in [0.25, 0.3) is 0 Å². The van der Waals surface area contributed by atoms with Gasteiger partial charge in [0.15, 0.2) is 0 Å². The Morgan fingerprint density at radius 3 is 2.12 bits per heavy atom. The molecule has 0 amide bonds. The van der Waals surface area contributed by atoms with Gasteiger partial charge in [0.1, 0.15) is 11.6 Å². The van der Waals surface area contributed by atoms with Crippen LogP contribution in [0.3, 0.4) is 0 Å². The first kappa shape index (κ1) is 20.2. The molecule has 5 heteroatoms. The lowest BCUT2D eigenvalue weighted by atomic mass is 9.90. The van der Waals surface area contributed by atoms with Crippen molar-refractivity contribution in [2.24, 2.45) is 0 Å². The van der Waals surface area contributed by atoms with Crippen molar-refractivity contribution >= 4 is 6.15 Å². The van der Waals surface area contributed by atoms with Crippen molar-refractivity contribution in [2.45, 2.75) is 38.5 Å². The maximum absolute atomic E-state index is 13.8. The molecule has 0 aliphatic carbocycles. The summed E-state index contributed by atoms with van der Waals surface area (Å²) in [6.07, 6.45) is 3.21. The fraction of sp³-hybridized carbons (Fsp3) is 0.300. The van der Waals surface area contributed by atoms with E-state index in [-0.39, 0.29) is 17.3 Å². The molecule has 0 bridgehead atoms. The first-order valence-electron chi connectivity index (χ1n) is 7.99. The van der Waals surface area contributed by atoms with Gasteiger partial charge in [-0.15, -0.1) is 0 Å². The smallest absolute Gasteiger partial charge is 0.207 e. The number of nitriles is 1. The maximum Gasteiger partial charge on any atom is 0.373 e. The second kappa shape index (κ2) is 10.9. The van der Waals surface area contributed by atoms with E-state index in [1.165, 1.54) is 5.56 Å². The number of nitrogens with zero attached hydrogens (tertiary/aromatic N) is 1. The van der Waals surface area contributed by atoms with Crippen molar-refractivity contribution in [3.63, 3.8) is 0 Å². The number of hydrogen-bond donors (Lipinski definition) is 0. The monoisotopic (exact) mass is 343 g/mol. The van der Waals surface area contributed by atoms with Crippen LogP contribution in [0.15, 0.2) is 42.5 Å². The normalized spacial score (nSPS) is 10.8. The highest BCUT2D eigenvalue weighted by Crippen LogP contribution is 2.26. The zero-order valence-corrected chi connectivity index (χ0v) is 14.0. The summed E-state index contributed by atoms with van der Waals surface area (Å²) in [5.74, 6) is -0.834. The van der Waals surface area contributed by atoms with Crippen LogP contribution in [0.5, 0.6) is 0 Å². The third kappa shape index (κ3) is 6.29. The van der Waals surface area contributed by atoms with E-state index >= 15 is 0 Å². The predicted octanol–water partition coefficient (Wildman–Crippen LogP) is 4.77. The molecule has 0 heterocycles. The zero-order chi connectivity index (χ0) is 18.7. The molecular weight excluding hydrogens is 324 g/mol. The van der Waals surface area contributed by atoms with E-state index < -0.39 is 11.6 Å². The average molecular weight is 343 g/mol. The van der Waals surface area contributed by atoms with Gasteiger partial charge in [-0.25, -0.2) is 8.78 Å². The molecule has 0 fully saturated rings. The molecule has 0 aliphatic rings. The van der Waals surface area contributed by atoms with Gasteiger partial charge in [-0.1, -0.05) is 37.3 Å². The summed E-state index contributed by atoms with van der Waals surface area (Å²) in [6.45, 7) is 2.13. The van der Waals surface area contributed by atoms with Crippen molar-refractivity contribution < 1.29 is 18.4 Å². The van der Waals surface area contributed by atoms with Gasteiger partial charge in [-0.3, -0.25) is 0 Å². The third-order valence-corrected chi connectivity index (χ3v) is 4.01. The third-order valence-electron chi connectivity index (χ3n) is 4.01. The van der Waals surface area contributed by atoms with Crippen LogP contribution in [0, 0.1) is 23.0 Å². The van der Waals surface area contributed by atoms with Crippen molar-refractivity contribution in [3.05, 3.63) is 70.8 Å². The Morgan fingerprint density at radius 2 is 1.64 bits per heavy atom. The fourth-order valence-electron chi connectivity index (χ4n) is 2.76. The summed E-state index contributed by atoms with van der Waals surface area (Å²) in [4.78, 5) is 16.2. The van der Waals surface area contributed by atoms with Crippen LogP contribution in [-0.4, -0.2) is 6.15 Å². The molecule has 2 rings (SSSR count). The van der Waals surface area contributed by atoms with E-state index in [2.05, 4.69) is 19.1 Å². The van der Waals surface area contributed by atoms with E-state index in [1.54, 1.807) is 6.07 Å². The van der Waals surface area contributed by atoms with Crippen LogP contribution in [0.1, 0.15) is 48.8 Å². The van der Waals surface area contributed by atoms with Gasteiger partial charge in [0, 0.05) is 5.56 Å². The van der Waals surface area contributed by atoms with Gasteiger partial charge in [-0.05, 0) is 49.3 Å². The van der Waals surface area contributed by atoms with Crippen molar-refractivity contribution in [3.8, 4) is 6.07 Å². The van der Waals surface area contributed by atoms with Crippen LogP contribution in [-0.2, 0) is 16.0 Å². The van der Waals surface area contributed by atoms with E-state index in [9.17, 15) is 8.78 Å². The van der Waals surface area contributed by atoms with Crippen molar-refractivity contribution in [1.29, 1.82) is 5.26 Å². The van der Waals surface area contributed by atoms with E-state index in [4.69, 9.17) is 14.9 Å². The molecule has 1 unspecified atom stereocenters. The zero-order valence-electron chi connectivity index (χ0n) is 14.0. The van der Waals surface area contributed by atoms with Crippen LogP contribution < -0.4 is 0 Å². The van der Waals surface area contributed by atoms with Crippen LogP contribution in [0.2, 0.25) is 0 Å². The molecule has 130 valence electrons. The first-order chi connectivity index (χ1) is 12.1. The molecule has 0 saturated heterocycles. The molecule has 0 saturated carbocycles. The second-order valence-corrected chi connectivity index (χ2v) is 5.52. The lowest BCUT2D eigenvalue weighted by Crippen LogP contribution is -2.01. The minimum atomic E-state index is -0.621. The molecule has 25 heavy (non-hydrogen) atoms. The molecule has 0 spiro atoms. The van der Waals surface area contributed by atoms with Crippen molar-refractivity contribution in [2.75, 3.05) is 0 Å². The first-order valence-corrected chi connectivity index (χ1v) is 7.99. The van der Waals surface area contributed by atoms with E-state index in [1.807, 2.05) is 18.2 Å². The molecule has 2 aromatic rings. The highest BCUT2D eigenvalue weighted by Gasteiger charge is 2.13. The molecule has 0 radical (unpaired) electrons. The quantitative estimate of drug-likeness (QED) is 0.759. The average Bonchev–Trinajstić information content (AvgIpc) is 2.62. The molecule has 0 aromatic heterocycles. The minimum Gasteiger partial charge on any atom is -0.207 e. The predicted molar refractivity (Wildman–Crippen MR) is 88.5 cm³/mol. The Labute approximate surface area is 145 Å². The highest BCUT2D eigenvalue weighted by atomic mass is 19.1. The lowest BCUT2D eigenvalue weighted by Gasteiger charge is -2.15. The van der Waals surface area contributed by atoms with E-state index in [0.717, 1.165) is 25.0 Å². The maximum atomic E-state index is 13.8. The van der Waals surface area contributed by atoms with Gasteiger partial charge in [-0.2, -0.15) is 14.9 Å². The summed E-state index contributed by atoms with van der Waals surface area (Å²) in [7, 11) is 0. The standard InChI is InChI=1S/C19H19F2N.CO2/c1-2-15(16-7-4-3-5-8-16)9-6-10-17-18(20)11-14(13-22)12-19(17)21;2-1-3/h3-5,7-8,11-12,15H,2,6,9-10H2,1H3;. The topological polar surface area (TPSA) is 57.9 Å². The number of halogens is 2. The molecule has 0 N–H and O–H groups in total. The Kier molecular flexibility index (Phi) is 8.78. The number of hydrogen-bond acceptors (Lipinski definition) is 3. The SMILES string of the molecule is CCC(CCCc1c(F)cc(C#N)cc1F)c1ccccc1.O=C=O. The highest BCUT2D eigenvalue weighted by molar-refractivity contribution is 5.34. The summed E-state index contributed by atoms with van der Waals surface area (Å²) in [6, 6.07) is 14.2. The summed E-state index contributed by atoms with van der Waals surface area (Å²) < 4.78 is 27.7. The van der Waals surface area contributed by atoms with E-state index in [0.29, 0.717) is 18.8 Å². The summed E-state index contributed by atoms with van der Waals surface area (Å²) >= 11 is 0. The van der Waals surface area contributed by atoms with Gasteiger partial charge < -0.3 is 0 Å². The van der Waals surface area contributed by atoms with Gasteiger partial charge in [0.2, 0.25) is 0 Å². The van der Waals surface area contributed by atoms with Gasteiger partial charge in [0.05, 0.1) is 11.6 Å². The Hall–Kier alpha value is -2.83. The molecule has 3 nitrogen and oxygen atoms in total. The second-order valence-electron chi connectivity index (χ2n) is 5.52. The van der Waals surface area contributed by atoms with Gasteiger partial charge >= 0.3 is 6.15 Å². The summed E-state index contributed by atoms with van der Waals surface area (Å²) in [5, 5.41) is 8.70. The van der Waals surface area contributed by atoms with Crippen molar-refractivity contribution in [1.82, 2.24) is 0 Å². The number of rotatable bonds is 6. The molecule has 2 aromatic carbocycles. The number of benzene rings is 2. The van der Waals surface area contributed by atoms with Crippen LogP contribution >= 0.6 is 0 Å². The Balaban J connectivity index is 0.000000970. The fourth-order valence-corrected chi connectivity index (χ4v) is 2.76.